The third-order valence-corrected chi connectivity index (χ3v) is 4.21. The molecule has 0 saturated heterocycles. The van der Waals surface area contributed by atoms with Gasteiger partial charge in [-0.2, -0.15) is 0 Å². The van der Waals surface area contributed by atoms with E-state index in [-0.39, 0.29) is 12.5 Å². The molecule has 140 valence electrons. The minimum Gasteiger partial charge on any atom is -0.493 e. The highest BCUT2D eigenvalue weighted by Gasteiger charge is 2.15. The van der Waals surface area contributed by atoms with Crippen molar-refractivity contribution in [3.8, 4) is 17.2 Å². The average Bonchev–Trinajstić information content (AvgIpc) is 3.04. The third kappa shape index (κ3) is 3.57. The van der Waals surface area contributed by atoms with Crippen LogP contribution in [-0.2, 0) is 11.3 Å². The summed E-state index contributed by atoms with van der Waals surface area (Å²) in [5.74, 6) is 1.09. The first-order valence-corrected chi connectivity index (χ1v) is 8.24. The number of aromatic nitrogens is 1. The Morgan fingerprint density at radius 3 is 2.33 bits per heavy atom. The quantitative estimate of drug-likeness (QED) is 0.648. The molecule has 27 heavy (non-hydrogen) atoms. The molecule has 7 heteroatoms. The number of nitrogens with one attached hydrogen (secondary N) is 1. The zero-order chi connectivity index (χ0) is 19.4. The number of benzene rings is 2. The number of hydrogen-bond donors (Lipinski definition) is 1. The molecule has 1 N–H and O–H groups in total. The number of hydrogen-bond acceptors (Lipinski definition) is 5. The highest BCUT2D eigenvalue weighted by molar-refractivity contribution is 5.99. The van der Waals surface area contributed by atoms with Crippen molar-refractivity contribution in [1.82, 2.24) is 4.57 Å². The van der Waals surface area contributed by atoms with Crippen molar-refractivity contribution in [3.63, 3.8) is 0 Å². The van der Waals surface area contributed by atoms with Crippen molar-refractivity contribution in [1.29, 1.82) is 0 Å². The third-order valence-electron chi connectivity index (χ3n) is 4.21. The number of rotatable bonds is 7. The van der Waals surface area contributed by atoms with Crippen LogP contribution in [0.4, 0.5) is 5.69 Å². The number of para-hydroxylation sites is 1. The summed E-state index contributed by atoms with van der Waals surface area (Å²) >= 11 is 0. The number of carbonyl (C=O) groups is 2. The molecule has 3 aromatic rings. The summed E-state index contributed by atoms with van der Waals surface area (Å²) < 4.78 is 17.6. The Balaban J connectivity index is 1.86. The van der Waals surface area contributed by atoms with Gasteiger partial charge in [0.05, 0.1) is 21.3 Å². The second-order valence-electron chi connectivity index (χ2n) is 5.81. The minimum absolute atomic E-state index is 0.0605. The number of fused-ring (bicyclic) bond motifs is 1. The van der Waals surface area contributed by atoms with Crippen molar-refractivity contribution < 1.29 is 23.8 Å². The van der Waals surface area contributed by atoms with Crippen LogP contribution in [0.5, 0.6) is 17.2 Å². The lowest BCUT2D eigenvalue weighted by Gasteiger charge is -2.15. The van der Waals surface area contributed by atoms with Gasteiger partial charge in [0.1, 0.15) is 6.54 Å². The van der Waals surface area contributed by atoms with Crippen molar-refractivity contribution >= 4 is 28.8 Å². The number of carbonyl (C=O) groups excluding carboxylic acids is 2. The van der Waals surface area contributed by atoms with E-state index >= 15 is 0 Å². The molecule has 0 spiro atoms. The molecule has 0 radical (unpaired) electrons. The summed E-state index contributed by atoms with van der Waals surface area (Å²) in [5, 5.41) is 3.63. The standard InChI is InChI=1S/C20H20N2O5/c1-25-17-8-14(9-18(26-2)20(17)27-3)21-19(24)11-22-10-13(12-23)15-6-4-5-7-16(15)22/h4-10,12H,11H2,1-3H3,(H,21,24). The first kappa shape index (κ1) is 18.3. The van der Waals surface area contributed by atoms with Gasteiger partial charge in [-0.25, -0.2) is 0 Å². The summed E-state index contributed by atoms with van der Waals surface area (Å²) in [6, 6.07) is 10.8. The predicted octanol–water partition coefficient (Wildman–Crippen LogP) is 3.12. The van der Waals surface area contributed by atoms with Crippen LogP contribution in [-0.4, -0.2) is 38.1 Å². The molecule has 0 aliphatic rings. The highest BCUT2D eigenvalue weighted by atomic mass is 16.5. The molecule has 3 rings (SSSR count). The molecule has 0 aliphatic heterocycles. The van der Waals surface area contributed by atoms with Crippen molar-refractivity contribution in [3.05, 3.63) is 48.2 Å². The Morgan fingerprint density at radius 2 is 1.74 bits per heavy atom. The Hall–Kier alpha value is -3.48. The van der Waals surface area contributed by atoms with Gasteiger partial charge in [0, 0.05) is 40.5 Å². The maximum absolute atomic E-state index is 12.5. The molecule has 0 fully saturated rings. The number of ether oxygens (including phenoxy) is 3. The van der Waals surface area contributed by atoms with E-state index < -0.39 is 0 Å². The number of amides is 1. The van der Waals surface area contributed by atoms with E-state index in [4.69, 9.17) is 14.2 Å². The highest BCUT2D eigenvalue weighted by Crippen LogP contribution is 2.39. The van der Waals surface area contributed by atoms with Gasteiger partial charge in [-0.1, -0.05) is 18.2 Å². The Bertz CT molecular complexity index is 968. The maximum atomic E-state index is 12.5. The first-order chi connectivity index (χ1) is 13.1. The smallest absolute Gasteiger partial charge is 0.244 e. The molecule has 0 bridgehead atoms. The largest absolute Gasteiger partial charge is 0.493 e. The molecule has 0 aliphatic carbocycles. The van der Waals surface area contributed by atoms with Crippen LogP contribution in [0.25, 0.3) is 10.9 Å². The number of nitrogens with zero attached hydrogens (tertiary/aromatic N) is 1. The van der Waals surface area contributed by atoms with Gasteiger partial charge in [0.25, 0.3) is 0 Å². The van der Waals surface area contributed by atoms with Crippen LogP contribution >= 0.6 is 0 Å². The maximum Gasteiger partial charge on any atom is 0.244 e. The van der Waals surface area contributed by atoms with Crippen LogP contribution in [0.3, 0.4) is 0 Å². The van der Waals surface area contributed by atoms with Crippen molar-refractivity contribution in [2.75, 3.05) is 26.6 Å². The Morgan fingerprint density at radius 1 is 1.07 bits per heavy atom. The minimum atomic E-state index is -0.248. The lowest BCUT2D eigenvalue weighted by molar-refractivity contribution is -0.116. The van der Waals surface area contributed by atoms with E-state index in [0.29, 0.717) is 28.5 Å². The SMILES string of the molecule is COc1cc(NC(=O)Cn2cc(C=O)c3ccccc32)cc(OC)c1OC. The van der Waals surface area contributed by atoms with Crippen LogP contribution in [0, 0.1) is 0 Å². The van der Waals surface area contributed by atoms with E-state index in [1.807, 2.05) is 24.3 Å². The summed E-state index contributed by atoms with van der Waals surface area (Å²) in [6.45, 7) is 0.0605. The van der Waals surface area contributed by atoms with Gasteiger partial charge in [-0.15, -0.1) is 0 Å². The van der Waals surface area contributed by atoms with Gasteiger partial charge in [0.2, 0.25) is 11.7 Å². The second-order valence-corrected chi connectivity index (χ2v) is 5.81. The monoisotopic (exact) mass is 368 g/mol. The zero-order valence-electron chi connectivity index (χ0n) is 15.3. The van der Waals surface area contributed by atoms with Crippen LogP contribution in [0.1, 0.15) is 10.4 Å². The van der Waals surface area contributed by atoms with E-state index in [1.54, 1.807) is 22.9 Å². The topological polar surface area (TPSA) is 78.8 Å². The lowest BCUT2D eigenvalue weighted by atomic mass is 10.2. The van der Waals surface area contributed by atoms with Crippen LogP contribution in [0.15, 0.2) is 42.6 Å². The Labute approximate surface area is 156 Å². The van der Waals surface area contributed by atoms with Crippen molar-refractivity contribution in [2.24, 2.45) is 0 Å². The van der Waals surface area contributed by atoms with E-state index in [1.165, 1.54) is 21.3 Å². The predicted molar refractivity (Wildman–Crippen MR) is 102 cm³/mol. The zero-order valence-corrected chi connectivity index (χ0v) is 15.3. The summed E-state index contributed by atoms with van der Waals surface area (Å²) in [7, 11) is 4.53. The molecular formula is C20H20N2O5. The van der Waals surface area contributed by atoms with Gasteiger partial charge in [-0.3, -0.25) is 9.59 Å². The Kier molecular flexibility index (Phi) is 5.30. The number of anilines is 1. The fourth-order valence-corrected chi connectivity index (χ4v) is 3.01. The fourth-order valence-electron chi connectivity index (χ4n) is 3.01. The summed E-state index contributed by atoms with van der Waals surface area (Å²) in [5.41, 5.74) is 1.88. The van der Waals surface area contributed by atoms with E-state index in [2.05, 4.69) is 5.32 Å². The van der Waals surface area contributed by atoms with Crippen LogP contribution < -0.4 is 19.5 Å². The average molecular weight is 368 g/mol. The first-order valence-electron chi connectivity index (χ1n) is 8.24. The molecule has 0 atom stereocenters. The molecule has 7 nitrogen and oxygen atoms in total. The molecular weight excluding hydrogens is 348 g/mol. The number of aldehydes is 1. The summed E-state index contributed by atoms with van der Waals surface area (Å²) in [4.78, 5) is 23.8. The van der Waals surface area contributed by atoms with Gasteiger partial charge < -0.3 is 24.1 Å². The summed E-state index contributed by atoms with van der Waals surface area (Å²) in [6.07, 6.45) is 2.46. The van der Waals surface area contributed by atoms with Gasteiger partial charge in [-0.05, 0) is 6.07 Å². The lowest BCUT2D eigenvalue weighted by Crippen LogP contribution is -2.18. The van der Waals surface area contributed by atoms with E-state index in [9.17, 15) is 9.59 Å². The molecule has 0 saturated carbocycles. The molecule has 0 unspecified atom stereocenters. The molecule has 1 aromatic heterocycles. The van der Waals surface area contributed by atoms with E-state index in [0.717, 1.165) is 17.2 Å². The second kappa shape index (κ2) is 7.82. The normalized spacial score (nSPS) is 10.5. The molecule has 1 amide bonds. The van der Waals surface area contributed by atoms with Gasteiger partial charge >= 0.3 is 0 Å². The number of methoxy groups -OCH3 is 3. The molecule has 1 heterocycles. The van der Waals surface area contributed by atoms with Crippen molar-refractivity contribution in [2.45, 2.75) is 6.54 Å². The molecule has 2 aromatic carbocycles. The van der Waals surface area contributed by atoms with Gasteiger partial charge in [0.15, 0.2) is 17.8 Å². The fraction of sp³-hybridized carbons (Fsp3) is 0.200. The van der Waals surface area contributed by atoms with Crippen LogP contribution in [0.2, 0.25) is 0 Å².